The first-order valence-corrected chi connectivity index (χ1v) is 6.19. The average molecular weight is 267 g/mol. The highest BCUT2D eigenvalue weighted by Crippen LogP contribution is 2.32. The Labute approximate surface area is 110 Å². The van der Waals surface area contributed by atoms with Gasteiger partial charge in [-0.2, -0.15) is 0 Å². The van der Waals surface area contributed by atoms with Crippen molar-refractivity contribution in [3.63, 3.8) is 0 Å². The van der Waals surface area contributed by atoms with Crippen LogP contribution in [0.3, 0.4) is 0 Å². The monoisotopic (exact) mass is 267 g/mol. The second-order valence-electron chi connectivity index (χ2n) is 4.78. The summed E-state index contributed by atoms with van der Waals surface area (Å²) in [4.78, 5) is 25.6. The van der Waals surface area contributed by atoms with Crippen LogP contribution in [-0.2, 0) is 11.3 Å². The molecule has 1 unspecified atom stereocenters. The van der Waals surface area contributed by atoms with E-state index < -0.39 is 4.92 Å². The smallest absolute Gasteiger partial charge is 0.358 e. The van der Waals surface area contributed by atoms with Crippen LogP contribution >= 0.6 is 0 Å². The van der Waals surface area contributed by atoms with E-state index in [9.17, 15) is 14.9 Å². The van der Waals surface area contributed by atoms with Crippen LogP contribution in [0.5, 0.6) is 0 Å². The number of rotatable bonds is 6. The number of carbonyl (C=O) groups is 1. The predicted octanol–water partition coefficient (Wildman–Crippen LogP) is -0.0468. The second kappa shape index (κ2) is 5.35. The summed E-state index contributed by atoms with van der Waals surface area (Å²) < 4.78 is 1.47. The van der Waals surface area contributed by atoms with Crippen molar-refractivity contribution in [3.05, 3.63) is 22.1 Å². The molecule has 1 saturated carbocycles. The number of nitro groups is 1. The number of imidazole rings is 1. The van der Waals surface area contributed by atoms with Crippen molar-refractivity contribution >= 4 is 11.7 Å². The van der Waals surface area contributed by atoms with E-state index in [4.69, 9.17) is 5.73 Å². The number of nitrogens with zero attached hydrogens (tertiary/aromatic N) is 3. The fourth-order valence-corrected chi connectivity index (χ4v) is 2.01. The quantitative estimate of drug-likeness (QED) is 0.554. The van der Waals surface area contributed by atoms with Crippen molar-refractivity contribution in [3.8, 4) is 0 Å². The molecule has 8 nitrogen and oxygen atoms in total. The lowest BCUT2D eigenvalue weighted by atomic mass is 10.2. The molecule has 0 aromatic carbocycles. The Bertz CT molecular complexity index is 495. The van der Waals surface area contributed by atoms with Gasteiger partial charge in [0.25, 0.3) is 0 Å². The summed E-state index contributed by atoms with van der Waals surface area (Å²) in [6.07, 6.45) is 3.46. The number of nitrogens with two attached hydrogens (primary N) is 1. The van der Waals surface area contributed by atoms with Crippen LogP contribution in [0.25, 0.3) is 0 Å². The molecule has 1 amide bonds. The highest BCUT2D eigenvalue weighted by Gasteiger charge is 2.31. The normalized spacial score (nSPS) is 16.1. The molecular weight excluding hydrogens is 250 g/mol. The van der Waals surface area contributed by atoms with E-state index in [0.717, 1.165) is 12.8 Å². The van der Waals surface area contributed by atoms with E-state index in [-0.39, 0.29) is 24.3 Å². The summed E-state index contributed by atoms with van der Waals surface area (Å²) in [6, 6.07) is 0.00585. The van der Waals surface area contributed by atoms with E-state index in [1.54, 1.807) is 6.92 Å². The van der Waals surface area contributed by atoms with Crippen LogP contribution in [0.4, 0.5) is 5.82 Å². The highest BCUT2D eigenvalue weighted by molar-refractivity contribution is 5.76. The second-order valence-corrected chi connectivity index (χ2v) is 4.78. The molecule has 1 aromatic heterocycles. The average Bonchev–Trinajstić information content (AvgIpc) is 3.12. The van der Waals surface area contributed by atoms with Crippen LogP contribution in [0, 0.1) is 23.0 Å². The maximum atomic E-state index is 11.9. The summed E-state index contributed by atoms with van der Waals surface area (Å²) in [6.45, 7) is 2.07. The minimum atomic E-state index is -0.575. The maximum absolute atomic E-state index is 11.9. The molecule has 104 valence electrons. The van der Waals surface area contributed by atoms with Crippen LogP contribution in [0.1, 0.15) is 18.7 Å². The van der Waals surface area contributed by atoms with Gasteiger partial charge in [0.2, 0.25) is 11.7 Å². The fraction of sp³-hybridized carbons (Fsp3) is 0.636. The van der Waals surface area contributed by atoms with Gasteiger partial charge in [-0.05, 0) is 28.7 Å². The van der Waals surface area contributed by atoms with Crippen molar-refractivity contribution in [2.45, 2.75) is 32.4 Å². The molecule has 1 heterocycles. The van der Waals surface area contributed by atoms with Crippen molar-refractivity contribution in [2.75, 3.05) is 6.54 Å². The minimum Gasteiger partial charge on any atom is -0.358 e. The largest absolute Gasteiger partial charge is 0.381 e. The maximum Gasteiger partial charge on any atom is 0.381 e. The SMILES string of the molecule is Cc1nc([N+](=O)[O-])cn1CC(=O)NC(CN)C1CC1. The van der Waals surface area contributed by atoms with Gasteiger partial charge in [0, 0.05) is 19.5 Å². The number of nitrogens with one attached hydrogen (secondary N) is 1. The number of carbonyl (C=O) groups excluding carboxylic acids is 1. The summed E-state index contributed by atoms with van der Waals surface area (Å²) in [5.41, 5.74) is 5.61. The summed E-state index contributed by atoms with van der Waals surface area (Å²) in [7, 11) is 0. The third-order valence-electron chi connectivity index (χ3n) is 3.26. The number of amides is 1. The summed E-state index contributed by atoms with van der Waals surface area (Å²) in [5.74, 6) is 0.477. The Hall–Kier alpha value is -1.96. The van der Waals surface area contributed by atoms with Crippen molar-refractivity contribution < 1.29 is 9.72 Å². The van der Waals surface area contributed by atoms with Crippen molar-refractivity contribution in [2.24, 2.45) is 11.7 Å². The van der Waals surface area contributed by atoms with Gasteiger partial charge >= 0.3 is 5.82 Å². The molecule has 2 rings (SSSR count). The van der Waals surface area contributed by atoms with Crippen LogP contribution in [-0.4, -0.2) is 33.0 Å². The molecule has 1 fully saturated rings. The minimum absolute atomic E-state index is 0.00585. The topological polar surface area (TPSA) is 116 Å². The van der Waals surface area contributed by atoms with Crippen molar-refractivity contribution in [1.82, 2.24) is 14.9 Å². The highest BCUT2D eigenvalue weighted by atomic mass is 16.6. The predicted molar refractivity (Wildman–Crippen MR) is 67.3 cm³/mol. The molecule has 1 aliphatic rings. The van der Waals surface area contributed by atoms with Gasteiger partial charge in [-0.3, -0.25) is 9.36 Å². The Balaban J connectivity index is 1.96. The molecule has 1 aromatic rings. The van der Waals surface area contributed by atoms with Gasteiger partial charge < -0.3 is 21.2 Å². The van der Waals surface area contributed by atoms with Gasteiger partial charge in [-0.25, -0.2) is 0 Å². The van der Waals surface area contributed by atoms with Gasteiger partial charge in [0.1, 0.15) is 12.7 Å². The zero-order valence-electron chi connectivity index (χ0n) is 10.7. The Morgan fingerprint density at radius 2 is 2.42 bits per heavy atom. The molecule has 0 radical (unpaired) electrons. The lowest BCUT2D eigenvalue weighted by Crippen LogP contribution is -2.43. The van der Waals surface area contributed by atoms with Gasteiger partial charge in [-0.1, -0.05) is 0 Å². The first-order valence-electron chi connectivity index (χ1n) is 6.19. The zero-order chi connectivity index (χ0) is 14.0. The van der Waals surface area contributed by atoms with E-state index in [1.807, 2.05) is 0 Å². The third-order valence-corrected chi connectivity index (χ3v) is 3.26. The summed E-state index contributed by atoms with van der Waals surface area (Å²) in [5, 5.41) is 13.4. The molecular formula is C11H17N5O3. The molecule has 19 heavy (non-hydrogen) atoms. The van der Waals surface area contributed by atoms with E-state index in [0.29, 0.717) is 18.3 Å². The Morgan fingerprint density at radius 1 is 1.74 bits per heavy atom. The van der Waals surface area contributed by atoms with Gasteiger partial charge in [0.05, 0.1) is 0 Å². The lowest BCUT2D eigenvalue weighted by Gasteiger charge is -2.16. The first kappa shape index (κ1) is 13.5. The van der Waals surface area contributed by atoms with Crippen LogP contribution in [0.2, 0.25) is 0 Å². The molecule has 0 spiro atoms. The van der Waals surface area contributed by atoms with Crippen molar-refractivity contribution in [1.29, 1.82) is 0 Å². The number of hydrogen-bond acceptors (Lipinski definition) is 5. The first-order chi connectivity index (χ1) is 9.01. The van der Waals surface area contributed by atoms with E-state index >= 15 is 0 Å². The standard InChI is InChI=1S/C11H17N5O3/c1-7-13-10(16(18)19)5-15(7)6-11(17)14-9(4-12)8-2-3-8/h5,8-9H,2-4,6,12H2,1H3,(H,14,17). The number of aromatic nitrogens is 2. The van der Waals surface area contributed by atoms with E-state index in [2.05, 4.69) is 10.3 Å². The van der Waals surface area contributed by atoms with E-state index in [1.165, 1.54) is 10.8 Å². The molecule has 0 saturated heterocycles. The Morgan fingerprint density at radius 3 is 2.89 bits per heavy atom. The number of hydrogen-bond donors (Lipinski definition) is 2. The lowest BCUT2D eigenvalue weighted by molar-refractivity contribution is -0.389. The molecule has 1 atom stereocenters. The molecule has 1 aliphatic carbocycles. The summed E-state index contributed by atoms with van der Waals surface area (Å²) >= 11 is 0. The van der Waals surface area contributed by atoms with Crippen LogP contribution < -0.4 is 11.1 Å². The van der Waals surface area contributed by atoms with Gasteiger partial charge in [-0.15, -0.1) is 0 Å². The Kier molecular flexibility index (Phi) is 3.79. The molecule has 3 N–H and O–H groups in total. The molecule has 0 aliphatic heterocycles. The molecule has 8 heteroatoms. The third kappa shape index (κ3) is 3.28. The van der Waals surface area contributed by atoms with Crippen LogP contribution in [0.15, 0.2) is 6.20 Å². The number of aryl methyl sites for hydroxylation is 1. The fourth-order valence-electron chi connectivity index (χ4n) is 2.01. The molecule has 0 bridgehead atoms. The zero-order valence-corrected chi connectivity index (χ0v) is 10.7. The van der Waals surface area contributed by atoms with Gasteiger partial charge in [0.15, 0.2) is 0 Å².